The number of aromatic nitrogens is 4. The highest BCUT2D eigenvalue weighted by Crippen LogP contribution is 2.27. The summed E-state index contributed by atoms with van der Waals surface area (Å²) in [5.74, 6) is 0.702. The van der Waals surface area contributed by atoms with Gasteiger partial charge in [0.2, 0.25) is 0 Å². The molecule has 0 radical (unpaired) electrons. The van der Waals surface area contributed by atoms with Gasteiger partial charge in [0.25, 0.3) is 0 Å². The van der Waals surface area contributed by atoms with E-state index in [1.165, 1.54) is 0 Å². The summed E-state index contributed by atoms with van der Waals surface area (Å²) in [6.07, 6.45) is 5.97. The van der Waals surface area contributed by atoms with Crippen molar-refractivity contribution in [1.29, 1.82) is 0 Å². The van der Waals surface area contributed by atoms with Crippen LogP contribution in [0.15, 0.2) is 24.7 Å². The fraction of sp³-hybridized carbons (Fsp3) is 0.417. The van der Waals surface area contributed by atoms with Gasteiger partial charge in [-0.3, -0.25) is 4.68 Å². The molecule has 1 unspecified atom stereocenters. The van der Waals surface area contributed by atoms with E-state index in [4.69, 9.17) is 10.5 Å². The highest BCUT2D eigenvalue weighted by atomic mass is 16.5. The summed E-state index contributed by atoms with van der Waals surface area (Å²) >= 11 is 0. The Morgan fingerprint density at radius 2 is 2.22 bits per heavy atom. The maximum absolute atomic E-state index is 6.26. The van der Waals surface area contributed by atoms with E-state index in [1.807, 2.05) is 10.7 Å². The highest BCUT2D eigenvalue weighted by Gasteiger charge is 2.20. The number of hydrogen-bond donors (Lipinski definition) is 1. The second-order valence-corrected chi connectivity index (χ2v) is 3.97. The summed E-state index contributed by atoms with van der Waals surface area (Å²) in [6.45, 7) is 2.91. The third-order valence-electron chi connectivity index (χ3n) is 2.76. The van der Waals surface area contributed by atoms with Crippen LogP contribution >= 0.6 is 0 Å². The molecule has 6 nitrogen and oxygen atoms in total. The van der Waals surface area contributed by atoms with Gasteiger partial charge in [-0.1, -0.05) is 6.92 Å². The number of rotatable bonds is 5. The maximum Gasteiger partial charge on any atom is 0.161 e. The Morgan fingerprint density at radius 3 is 2.83 bits per heavy atom. The van der Waals surface area contributed by atoms with Crippen molar-refractivity contribution >= 4 is 0 Å². The zero-order chi connectivity index (χ0) is 13.0. The van der Waals surface area contributed by atoms with E-state index in [0.29, 0.717) is 5.75 Å². The van der Waals surface area contributed by atoms with Crippen LogP contribution < -0.4 is 10.5 Å². The van der Waals surface area contributed by atoms with Crippen LogP contribution in [0.1, 0.15) is 30.6 Å². The molecular weight excluding hydrogens is 230 g/mol. The van der Waals surface area contributed by atoms with Gasteiger partial charge in [-0.15, -0.1) is 0 Å². The van der Waals surface area contributed by atoms with Crippen molar-refractivity contribution in [3.05, 3.63) is 35.9 Å². The van der Waals surface area contributed by atoms with E-state index >= 15 is 0 Å². The predicted molar refractivity (Wildman–Crippen MR) is 67.1 cm³/mol. The first-order chi connectivity index (χ1) is 8.77. The molecule has 2 aromatic heterocycles. The summed E-state index contributed by atoms with van der Waals surface area (Å²) in [4.78, 5) is 0. The molecule has 18 heavy (non-hydrogen) atoms. The predicted octanol–water partition coefficient (Wildman–Crippen LogP) is 1.14. The first kappa shape index (κ1) is 12.5. The lowest BCUT2D eigenvalue weighted by Crippen LogP contribution is -2.18. The molecule has 0 bridgehead atoms. The third-order valence-corrected chi connectivity index (χ3v) is 2.76. The Kier molecular flexibility index (Phi) is 3.88. The number of nitrogens with two attached hydrogens (primary N) is 1. The van der Waals surface area contributed by atoms with Gasteiger partial charge in [-0.05, 0) is 18.1 Å². The minimum atomic E-state index is -0.315. The van der Waals surface area contributed by atoms with Crippen LogP contribution in [0.2, 0.25) is 0 Å². The van der Waals surface area contributed by atoms with Crippen molar-refractivity contribution in [2.75, 3.05) is 7.11 Å². The quantitative estimate of drug-likeness (QED) is 0.857. The Labute approximate surface area is 106 Å². The van der Waals surface area contributed by atoms with E-state index in [1.54, 1.807) is 25.7 Å². The lowest BCUT2D eigenvalue weighted by atomic mass is 10.1. The van der Waals surface area contributed by atoms with Crippen molar-refractivity contribution in [3.63, 3.8) is 0 Å². The fourth-order valence-corrected chi connectivity index (χ4v) is 1.88. The molecule has 0 aromatic carbocycles. The van der Waals surface area contributed by atoms with Crippen molar-refractivity contribution in [2.24, 2.45) is 5.73 Å². The number of aryl methyl sites for hydroxylation is 1. The smallest absolute Gasteiger partial charge is 0.161 e. The molecule has 2 aromatic rings. The summed E-state index contributed by atoms with van der Waals surface area (Å²) in [6, 6.07) is 1.53. The first-order valence-electron chi connectivity index (χ1n) is 5.89. The molecule has 1 atom stereocenters. The van der Waals surface area contributed by atoms with E-state index in [2.05, 4.69) is 22.2 Å². The van der Waals surface area contributed by atoms with Crippen LogP contribution in [-0.4, -0.2) is 27.1 Å². The van der Waals surface area contributed by atoms with Crippen molar-refractivity contribution in [1.82, 2.24) is 20.0 Å². The minimum absolute atomic E-state index is 0.315. The number of hydrogen-bond acceptors (Lipinski definition) is 5. The molecule has 0 spiro atoms. The van der Waals surface area contributed by atoms with Crippen LogP contribution in [0, 0.1) is 0 Å². The van der Waals surface area contributed by atoms with Crippen molar-refractivity contribution in [2.45, 2.75) is 25.9 Å². The molecule has 2 heterocycles. The molecule has 0 saturated carbocycles. The van der Waals surface area contributed by atoms with Crippen LogP contribution in [0.4, 0.5) is 0 Å². The van der Waals surface area contributed by atoms with Crippen LogP contribution in [-0.2, 0) is 6.54 Å². The van der Waals surface area contributed by atoms with Gasteiger partial charge >= 0.3 is 0 Å². The Hall–Kier alpha value is -1.95. The van der Waals surface area contributed by atoms with Gasteiger partial charge in [0.15, 0.2) is 5.75 Å². The van der Waals surface area contributed by atoms with E-state index in [9.17, 15) is 0 Å². The monoisotopic (exact) mass is 247 g/mol. The lowest BCUT2D eigenvalue weighted by molar-refractivity contribution is 0.404. The van der Waals surface area contributed by atoms with Crippen LogP contribution in [0.25, 0.3) is 0 Å². The second kappa shape index (κ2) is 5.59. The number of methoxy groups -OCH3 is 1. The molecule has 6 heteroatoms. The average molecular weight is 247 g/mol. The standard InChI is InChI=1S/C12H17N5O/c1-3-6-17-12(10(18-2)8-16-17)11(13)9-4-5-14-15-7-9/h4-5,7-8,11H,3,6,13H2,1-2H3. The highest BCUT2D eigenvalue weighted by molar-refractivity contribution is 5.34. The zero-order valence-corrected chi connectivity index (χ0v) is 10.6. The normalized spacial score (nSPS) is 12.4. The Balaban J connectivity index is 2.39. The molecule has 0 aliphatic carbocycles. The largest absolute Gasteiger partial charge is 0.493 e. The van der Waals surface area contributed by atoms with Gasteiger partial charge in [-0.25, -0.2) is 0 Å². The molecule has 0 aliphatic heterocycles. The second-order valence-electron chi connectivity index (χ2n) is 3.97. The fourth-order valence-electron chi connectivity index (χ4n) is 1.88. The Morgan fingerprint density at radius 1 is 1.39 bits per heavy atom. The summed E-state index contributed by atoms with van der Waals surface area (Å²) in [5, 5.41) is 11.9. The molecule has 0 fully saturated rings. The number of nitrogens with zero attached hydrogens (tertiary/aromatic N) is 4. The summed E-state index contributed by atoms with van der Waals surface area (Å²) < 4.78 is 7.19. The maximum atomic E-state index is 6.26. The average Bonchev–Trinajstić information content (AvgIpc) is 2.82. The van der Waals surface area contributed by atoms with Crippen LogP contribution in [0.5, 0.6) is 5.75 Å². The van der Waals surface area contributed by atoms with Crippen molar-refractivity contribution in [3.8, 4) is 5.75 Å². The SMILES string of the molecule is CCCn1ncc(OC)c1C(N)c1ccnnc1. The van der Waals surface area contributed by atoms with Crippen molar-refractivity contribution < 1.29 is 4.74 Å². The van der Waals surface area contributed by atoms with E-state index < -0.39 is 0 Å². The van der Waals surface area contributed by atoms with Crippen LogP contribution in [0.3, 0.4) is 0 Å². The first-order valence-corrected chi connectivity index (χ1v) is 5.89. The van der Waals surface area contributed by atoms with E-state index in [-0.39, 0.29) is 6.04 Å². The van der Waals surface area contributed by atoms with E-state index in [0.717, 1.165) is 24.2 Å². The zero-order valence-electron chi connectivity index (χ0n) is 10.6. The van der Waals surface area contributed by atoms with Gasteiger partial charge in [0.1, 0.15) is 5.69 Å². The van der Waals surface area contributed by atoms with Gasteiger partial charge < -0.3 is 10.5 Å². The third kappa shape index (κ3) is 2.33. The molecule has 0 aliphatic rings. The Bertz CT molecular complexity index is 496. The van der Waals surface area contributed by atoms with Gasteiger partial charge in [0.05, 0.1) is 25.5 Å². The minimum Gasteiger partial charge on any atom is -0.493 e. The molecule has 96 valence electrons. The van der Waals surface area contributed by atoms with Gasteiger partial charge in [-0.2, -0.15) is 15.3 Å². The molecule has 2 N–H and O–H groups in total. The van der Waals surface area contributed by atoms with Gasteiger partial charge in [0, 0.05) is 12.7 Å². The molecular formula is C12H17N5O. The molecule has 0 amide bonds. The topological polar surface area (TPSA) is 78.9 Å². The number of ether oxygens (including phenoxy) is 1. The summed E-state index contributed by atoms with van der Waals surface area (Å²) in [7, 11) is 1.62. The molecule has 0 saturated heterocycles. The summed E-state index contributed by atoms with van der Waals surface area (Å²) in [5.41, 5.74) is 8.02. The lowest BCUT2D eigenvalue weighted by Gasteiger charge is -2.15. The molecule has 2 rings (SSSR count).